The van der Waals surface area contributed by atoms with E-state index in [1.54, 1.807) is 12.1 Å². The molecule has 0 aromatic heterocycles. The Kier molecular flexibility index (Phi) is 8.57. The van der Waals surface area contributed by atoms with E-state index in [-0.39, 0.29) is 11.2 Å². The van der Waals surface area contributed by atoms with E-state index in [2.05, 4.69) is 41.8 Å². The third-order valence-electron chi connectivity index (χ3n) is 6.03. The largest absolute Gasteiger partial charge is 0.391 e. The average Bonchev–Trinajstić information content (AvgIpc) is 2.82. The van der Waals surface area contributed by atoms with Crippen LogP contribution >= 0.6 is 0 Å². The number of hydrogen-bond donors (Lipinski definition) is 4. The van der Waals surface area contributed by atoms with Crippen LogP contribution in [0.3, 0.4) is 0 Å². The minimum Gasteiger partial charge on any atom is -0.391 e. The van der Waals surface area contributed by atoms with E-state index < -0.39 is 24.0 Å². The first-order valence-corrected chi connectivity index (χ1v) is 11.4. The number of carbonyl (C=O) groups is 2. The Hall–Kier alpha value is -2.78. The lowest BCUT2D eigenvalue weighted by Gasteiger charge is -2.33. The number of quaternary nitrogens is 1. The van der Waals surface area contributed by atoms with Gasteiger partial charge in [-0.3, -0.25) is 9.59 Å². The summed E-state index contributed by atoms with van der Waals surface area (Å²) in [7, 11) is 0. The van der Waals surface area contributed by atoms with Gasteiger partial charge < -0.3 is 20.5 Å². The maximum atomic E-state index is 12.7. The quantitative estimate of drug-likeness (QED) is 0.430. The van der Waals surface area contributed by atoms with Crippen LogP contribution in [0.25, 0.3) is 11.1 Å². The van der Waals surface area contributed by atoms with E-state index >= 15 is 0 Å². The molecule has 0 saturated carbocycles. The first-order chi connectivity index (χ1) is 15.8. The summed E-state index contributed by atoms with van der Waals surface area (Å²) >= 11 is 0. The second kappa shape index (κ2) is 11.4. The molecule has 2 amide bonds. The summed E-state index contributed by atoms with van der Waals surface area (Å²) in [6.45, 7) is 5.99. The minimum atomic E-state index is -1.10. The third kappa shape index (κ3) is 6.85. The lowest BCUT2D eigenvalue weighted by atomic mass is 10.0. The predicted octanol–water partition coefficient (Wildman–Crippen LogP) is 1.75. The van der Waals surface area contributed by atoms with E-state index in [1.807, 2.05) is 12.1 Å². The molecule has 1 aliphatic rings. The van der Waals surface area contributed by atoms with E-state index in [9.17, 15) is 19.9 Å². The van der Waals surface area contributed by atoms with Crippen LogP contribution in [0.4, 0.5) is 0 Å². The molecular formula is C25H34N3O5+. The number of nitrogens with one attached hydrogen (secondary N) is 2. The van der Waals surface area contributed by atoms with Crippen LogP contribution in [0.15, 0.2) is 48.5 Å². The van der Waals surface area contributed by atoms with Crippen molar-refractivity contribution in [3.8, 4) is 11.1 Å². The minimum absolute atomic E-state index is 0.167. The van der Waals surface area contributed by atoms with Gasteiger partial charge in [-0.05, 0) is 42.2 Å². The Morgan fingerprint density at radius 1 is 1.03 bits per heavy atom. The molecule has 3 rings (SSSR count). The molecule has 0 unspecified atom stereocenters. The number of rotatable bonds is 9. The van der Waals surface area contributed by atoms with Gasteiger partial charge in [0.15, 0.2) is 0 Å². The average molecular weight is 457 g/mol. The molecule has 1 fully saturated rings. The number of carbonyl (C=O) groups excluding carboxylic acids is 2. The number of hydrogen-bond acceptors (Lipinski definition) is 5. The highest BCUT2D eigenvalue weighted by atomic mass is 16.6. The van der Waals surface area contributed by atoms with Gasteiger partial charge in [0.25, 0.3) is 5.91 Å². The normalized spacial score (nSPS) is 17.1. The summed E-state index contributed by atoms with van der Waals surface area (Å²) in [4.78, 5) is 25.3. The second-order valence-electron chi connectivity index (χ2n) is 8.49. The number of amides is 2. The van der Waals surface area contributed by atoms with Gasteiger partial charge in [-0.15, -0.1) is 0 Å². The van der Waals surface area contributed by atoms with Crippen LogP contribution in [0.2, 0.25) is 0 Å². The van der Waals surface area contributed by atoms with Crippen molar-refractivity contribution in [3.63, 3.8) is 0 Å². The van der Waals surface area contributed by atoms with Gasteiger partial charge in [-0.2, -0.15) is 4.65 Å². The van der Waals surface area contributed by atoms with Gasteiger partial charge in [-0.1, -0.05) is 43.3 Å². The Morgan fingerprint density at radius 2 is 1.61 bits per heavy atom. The van der Waals surface area contributed by atoms with E-state index in [0.29, 0.717) is 38.4 Å². The number of hydroxylamine groups is 3. The van der Waals surface area contributed by atoms with E-state index in [1.165, 1.54) is 12.5 Å². The molecule has 4 N–H and O–H groups in total. The first-order valence-electron chi connectivity index (χ1n) is 11.4. The standard InChI is InChI=1S/C25H33N3O5/c1-3-19-4-6-20(7-5-19)21-8-10-22(11-9-21)24(30)27-23(18(2)29)25(31)26-12-13-28(32)14-16-33-17-15-28/h4-11,18,23,29,32H,3,12-17H2,1-2H3,(H-,26,27,30,31)/p+1/t18-,23+/m1/s1. The zero-order chi connectivity index (χ0) is 23.8. The Balaban J connectivity index is 1.56. The number of ether oxygens (including phenoxy) is 1. The molecule has 178 valence electrons. The molecule has 0 spiro atoms. The second-order valence-corrected chi connectivity index (χ2v) is 8.49. The van der Waals surface area contributed by atoms with Crippen LogP contribution in [0, 0.1) is 0 Å². The molecule has 0 aliphatic carbocycles. The molecule has 1 saturated heterocycles. The molecule has 8 nitrogen and oxygen atoms in total. The zero-order valence-electron chi connectivity index (χ0n) is 19.3. The van der Waals surface area contributed by atoms with Crippen molar-refractivity contribution in [2.24, 2.45) is 0 Å². The summed E-state index contributed by atoms with van der Waals surface area (Å²) in [5.41, 5.74) is 3.71. The summed E-state index contributed by atoms with van der Waals surface area (Å²) in [6.07, 6.45) is -0.0993. The fourth-order valence-electron chi connectivity index (χ4n) is 3.78. The van der Waals surface area contributed by atoms with Crippen LogP contribution in [0.5, 0.6) is 0 Å². The fraction of sp³-hybridized carbons (Fsp3) is 0.440. The Labute approximate surface area is 194 Å². The molecular weight excluding hydrogens is 422 g/mol. The highest BCUT2D eigenvalue weighted by Crippen LogP contribution is 2.20. The summed E-state index contributed by atoms with van der Waals surface area (Å²) in [5, 5.41) is 25.8. The van der Waals surface area contributed by atoms with Gasteiger partial charge in [0.2, 0.25) is 5.91 Å². The number of aliphatic hydroxyl groups is 1. The van der Waals surface area contributed by atoms with Gasteiger partial charge in [-0.25, -0.2) is 5.21 Å². The van der Waals surface area contributed by atoms with E-state index in [0.717, 1.165) is 17.5 Å². The molecule has 2 aromatic rings. The number of benzene rings is 2. The topological polar surface area (TPSA) is 108 Å². The molecule has 0 radical (unpaired) electrons. The number of aryl methyl sites for hydroxylation is 1. The maximum Gasteiger partial charge on any atom is 0.252 e. The van der Waals surface area contributed by atoms with Crippen LogP contribution in [-0.4, -0.2) is 78.3 Å². The highest BCUT2D eigenvalue weighted by molar-refractivity contribution is 5.98. The number of morpholine rings is 1. The van der Waals surface area contributed by atoms with Crippen LogP contribution in [-0.2, 0) is 16.0 Å². The molecule has 0 bridgehead atoms. The van der Waals surface area contributed by atoms with Crippen molar-refractivity contribution in [3.05, 3.63) is 59.7 Å². The van der Waals surface area contributed by atoms with Crippen LogP contribution in [0.1, 0.15) is 29.8 Å². The molecule has 2 aromatic carbocycles. The smallest absolute Gasteiger partial charge is 0.252 e. The Morgan fingerprint density at radius 3 is 2.15 bits per heavy atom. The molecule has 1 heterocycles. The zero-order valence-corrected chi connectivity index (χ0v) is 19.3. The summed E-state index contributed by atoms with van der Waals surface area (Å²) in [6, 6.07) is 14.3. The lowest BCUT2D eigenvalue weighted by Crippen LogP contribution is -2.57. The van der Waals surface area contributed by atoms with E-state index in [4.69, 9.17) is 4.74 Å². The van der Waals surface area contributed by atoms with Crippen molar-refractivity contribution in [1.82, 2.24) is 10.6 Å². The number of nitrogens with zero attached hydrogens (tertiary/aromatic N) is 1. The Bertz CT molecular complexity index is 922. The molecule has 33 heavy (non-hydrogen) atoms. The van der Waals surface area contributed by atoms with Crippen LogP contribution < -0.4 is 10.6 Å². The SMILES string of the molecule is CCc1ccc(-c2ccc(C(=O)N[C@H](C(=O)NCC[N+]3(O)CCOCC3)[C@@H](C)O)cc2)cc1. The molecule has 1 aliphatic heterocycles. The van der Waals surface area contributed by atoms with Crippen molar-refractivity contribution in [1.29, 1.82) is 0 Å². The van der Waals surface area contributed by atoms with Crippen molar-refractivity contribution in [2.75, 3.05) is 39.4 Å². The molecule has 8 heteroatoms. The maximum absolute atomic E-state index is 12.7. The van der Waals surface area contributed by atoms with Gasteiger partial charge >= 0.3 is 0 Å². The van der Waals surface area contributed by atoms with Crippen molar-refractivity contribution >= 4 is 11.8 Å². The lowest BCUT2D eigenvalue weighted by molar-refractivity contribution is -1.10. The monoisotopic (exact) mass is 456 g/mol. The summed E-state index contributed by atoms with van der Waals surface area (Å²) < 4.78 is 5.08. The van der Waals surface area contributed by atoms with Crippen molar-refractivity contribution in [2.45, 2.75) is 32.4 Å². The third-order valence-corrected chi connectivity index (χ3v) is 6.03. The number of aliphatic hydroxyl groups excluding tert-OH is 1. The van der Waals surface area contributed by atoms with Gasteiger partial charge in [0, 0.05) is 5.56 Å². The van der Waals surface area contributed by atoms with Gasteiger partial charge in [0.1, 0.15) is 25.7 Å². The van der Waals surface area contributed by atoms with Crippen molar-refractivity contribution < 1.29 is 29.3 Å². The fourth-order valence-corrected chi connectivity index (χ4v) is 3.78. The molecule has 2 atom stereocenters. The predicted molar refractivity (Wildman–Crippen MR) is 125 cm³/mol. The highest BCUT2D eigenvalue weighted by Gasteiger charge is 2.30. The first kappa shape index (κ1) is 24.9. The van der Waals surface area contributed by atoms with Gasteiger partial charge in [0.05, 0.1) is 25.9 Å². The summed E-state index contributed by atoms with van der Waals surface area (Å²) in [5.74, 6) is -0.936.